The number of aliphatic hydroxyl groups excluding tert-OH is 2. The molecule has 0 radical (unpaired) electrons. The van der Waals surface area contributed by atoms with Gasteiger partial charge in [0, 0.05) is 18.8 Å². The van der Waals surface area contributed by atoms with Gasteiger partial charge in [0.05, 0.1) is 31.5 Å². The van der Waals surface area contributed by atoms with Crippen LogP contribution in [0, 0.1) is 0 Å². The molecule has 1 fully saturated rings. The van der Waals surface area contributed by atoms with Gasteiger partial charge >= 0.3 is 6.03 Å². The Kier molecular flexibility index (Phi) is 6.18. The SMILES string of the molecule is COc1c(CO)cc(C2(C)CCOCC2)cc1NC(=O)N[C@@H]1Cc2ccccc2[C@@H]1O. The normalized spacial score (nSPS) is 21.9. The van der Waals surface area contributed by atoms with E-state index in [4.69, 9.17) is 9.47 Å². The van der Waals surface area contributed by atoms with Crippen molar-refractivity contribution in [3.8, 4) is 5.75 Å². The van der Waals surface area contributed by atoms with Crippen molar-refractivity contribution < 1.29 is 24.5 Å². The number of urea groups is 1. The predicted molar refractivity (Wildman–Crippen MR) is 117 cm³/mol. The molecule has 166 valence electrons. The minimum absolute atomic E-state index is 0.107. The number of aliphatic hydroxyl groups is 2. The monoisotopic (exact) mass is 426 g/mol. The number of hydrogen-bond donors (Lipinski definition) is 4. The van der Waals surface area contributed by atoms with Crippen LogP contribution in [0.1, 0.15) is 48.1 Å². The Bertz CT molecular complexity index is 955. The Morgan fingerprint density at radius 1 is 1.26 bits per heavy atom. The number of rotatable bonds is 5. The largest absolute Gasteiger partial charge is 0.494 e. The summed E-state index contributed by atoms with van der Waals surface area (Å²) in [5, 5.41) is 26.3. The molecule has 1 aliphatic carbocycles. The van der Waals surface area contributed by atoms with E-state index in [0.29, 0.717) is 36.6 Å². The zero-order valence-corrected chi connectivity index (χ0v) is 18.0. The summed E-state index contributed by atoms with van der Waals surface area (Å²) >= 11 is 0. The highest BCUT2D eigenvalue weighted by Crippen LogP contribution is 2.40. The highest BCUT2D eigenvalue weighted by molar-refractivity contribution is 5.92. The summed E-state index contributed by atoms with van der Waals surface area (Å²) in [6, 6.07) is 10.7. The van der Waals surface area contributed by atoms with Crippen molar-refractivity contribution in [3.63, 3.8) is 0 Å². The van der Waals surface area contributed by atoms with Crippen LogP contribution in [0.2, 0.25) is 0 Å². The first-order valence-corrected chi connectivity index (χ1v) is 10.7. The van der Waals surface area contributed by atoms with E-state index in [1.54, 1.807) is 0 Å². The average Bonchev–Trinajstić information content (AvgIpc) is 3.09. The Labute approximate surface area is 182 Å². The minimum Gasteiger partial charge on any atom is -0.494 e. The van der Waals surface area contributed by atoms with Gasteiger partial charge in [-0.05, 0) is 53.5 Å². The molecule has 2 aromatic carbocycles. The summed E-state index contributed by atoms with van der Waals surface area (Å²) < 4.78 is 11.0. The van der Waals surface area contributed by atoms with Gasteiger partial charge in [0.1, 0.15) is 5.75 Å². The highest BCUT2D eigenvalue weighted by Gasteiger charge is 2.33. The Hall–Kier alpha value is -2.61. The molecular weight excluding hydrogens is 396 g/mol. The van der Waals surface area contributed by atoms with E-state index in [0.717, 1.165) is 29.5 Å². The second kappa shape index (κ2) is 8.86. The molecule has 2 aliphatic rings. The summed E-state index contributed by atoms with van der Waals surface area (Å²) in [5.41, 5.74) is 3.93. The lowest BCUT2D eigenvalue weighted by Gasteiger charge is -2.35. The minimum atomic E-state index is -0.746. The maximum absolute atomic E-state index is 12.8. The Morgan fingerprint density at radius 2 is 2.00 bits per heavy atom. The fourth-order valence-corrected chi connectivity index (χ4v) is 4.63. The molecule has 31 heavy (non-hydrogen) atoms. The topological polar surface area (TPSA) is 100 Å². The van der Waals surface area contributed by atoms with Gasteiger partial charge in [-0.3, -0.25) is 0 Å². The van der Waals surface area contributed by atoms with Crippen LogP contribution >= 0.6 is 0 Å². The second-order valence-corrected chi connectivity index (χ2v) is 8.60. The van der Waals surface area contributed by atoms with Crippen LogP contribution in [0.15, 0.2) is 36.4 Å². The van der Waals surface area contributed by atoms with Gasteiger partial charge in [-0.2, -0.15) is 0 Å². The van der Waals surface area contributed by atoms with Gasteiger partial charge in [-0.1, -0.05) is 31.2 Å². The lowest BCUT2D eigenvalue weighted by atomic mass is 9.75. The number of nitrogens with one attached hydrogen (secondary N) is 2. The van der Waals surface area contributed by atoms with Crippen molar-refractivity contribution in [1.29, 1.82) is 0 Å². The third-order valence-electron chi connectivity index (χ3n) is 6.59. The van der Waals surface area contributed by atoms with Crippen molar-refractivity contribution in [3.05, 3.63) is 58.7 Å². The van der Waals surface area contributed by atoms with Crippen LogP contribution in [0.4, 0.5) is 10.5 Å². The third-order valence-corrected chi connectivity index (χ3v) is 6.59. The molecule has 0 unspecified atom stereocenters. The van der Waals surface area contributed by atoms with Crippen molar-refractivity contribution in [2.75, 3.05) is 25.6 Å². The Morgan fingerprint density at radius 3 is 2.68 bits per heavy atom. The molecule has 0 bridgehead atoms. The van der Waals surface area contributed by atoms with Gasteiger partial charge < -0.3 is 30.3 Å². The summed E-state index contributed by atoms with van der Waals surface area (Å²) in [6.07, 6.45) is 1.55. The first-order chi connectivity index (χ1) is 14.9. The summed E-state index contributed by atoms with van der Waals surface area (Å²) in [7, 11) is 1.52. The number of amides is 2. The van der Waals surface area contributed by atoms with Gasteiger partial charge in [0.15, 0.2) is 0 Å². The highest BCUT2D eigenvalue weighted by atomic mass is 16.5. The number of carbonyl (C=O) groups is 1. The number of hydrogen-bond acceptors (Lipinski definition) is 5. The number of methoxy groups -OCH3 is 1. The molecular formula is C24H30N2O5. The number of anilines is 1. The molecule has 1 saturated heterocycles. The number of fused-ring (bicyclic) bond motifs is 1. The molecule has 0 aromatic heterocycles. The quantitative estimate of drug-likeness (QED) is 0.589. The zero-order chi connectivity index (χ0) is 22.0. The predicted octanol–water partition coefficient (Wildman–Crippen LogP) is 3.04. The lowest BCUT2D eigenvalue weighted by Crippen LogP contribution is -2.40. The maximum Gasteiger partial charge on any atom is 0.319 e. The molecule has 7 heteroatoms. The van der Waals surface area contributed by atoms with E-state index in [-0.39, 0.29) is 12.0 Å². The van der Waals surface area contributed by atoms with Crippen LogP contribution in [-0.4, -0.2) is 42.6 Å². The summed E-state index contributed by atoms with van der Waals surface area (Å²) in [6.45, 7) is 3.34. The van der Waals surface area contributed by atoms with E-state index in [1.807, 2.05) is 36.4 Å². The molecule has 1 heterocycles. The van der Waals surface area contributed by atoms with Gasteiger partial charge in [-0.15, -0.1) is 0 Å². The van der Waals surface area contributed by atoms with E-state index < -0.39 is 18.2 Å². The first kappa shape index (κ1) is 21.6. The second-order valence-electron chi connectivity index (χ2n) is 8.60. The van der Waals surface area contributed by atoms with Crippen LogP contribution in [0.3, 0.4) is 0 Å². The maximum atomic E-state index is 12.8. The number of ether oxygens (including phenoxy) is 2. The Balaban J connectivity index is 1.55. The van der Waals surface area contributed by atoms with Crippen LogP contribution < -0.4 is 15.4 Å². The summed E-state index contributed by atoms with van der Waals surface area (Å²) in [4.78, 5) is 12.8. The van der Waals surface area contributed by atoms with Crippen LogP contribution in [0.25, 0.3) is 0 Å². The zero-order valence-electron chi connectivity index (χ0n) is 18.0. The average molecular weight is 427 g/mol. The smallest absolute Gasteiger partial charge is 0.319 e. The van der Waals surface area contributed by atoms with E-state index in [1.165, 1.54) is 7.11 Å². The molecule has 0 saturated carbocycles. The number of benzene rings is 2. The van der Waals surface area contributed by atoms with Gasteiger partial charge in [0.25, 0.3) is 0 Å². The molecule has 4 N–H and O–H groups in total. The summed E-state index contributed by atoms with van der Waals surface area (Å²) in [5.74, 6) is 0.437. The van der Waals surface area contributed by atoms with Crippen molar-refractivity contribution in [2.24, 2.45) is 0 Å². The third kappa shape index (κ3) is 4.26. The van der Waals surface area contributed by atoms with Crippen molar-refractivity contribution in [1.82, 2.24) is 5.32 Å². The van der Waals surface area contributed by atoms with Crippen molar-refractivity contribution >= 4 is 11.7 Å². The fraction of sp³-hybridized carbons (Fsp3) is 0.458. The molecule has 2 atom stereocenters. The molecule has 1 aliphatic heterocycles. The molecule has 4 rings (SSSR count). The van der Waals surface area contributed by atoms with Crippen molar-refractivity contribution in [2.45, 2.75) is 50.4 Å². The molecule has 7 nitrogen and oxygen atoms in total. The lowest BCUT2D eigenvalue weighted by molar-refractivity contribution is 0.0564. The van der Waals surface area contributed by atoms with Crippen LogP contribution in [-0.2, 0) is 23.2 Å². The fourth-order valence-electron chi connectivity index (χ4n) is 4.63. The number of carbonyl (C=O) groups excluding carboxylic acids is 1. The standard InChI is InChI=1S/C24H30N2O5/c1-24(7-9-31-10-8-24)17-11-16(14-27)22(30-2)20(13-17)26-23(29)25-19-12-15-5-3-4-6-18(15)21(19)28/h3-6,11,13,19,21,27-28H,7-10,12,14H2,1-2H3,(H2,25,26,29)/t19-,21+/m1/s1. The van der Waals surface area contributed by atoms with Gasteiger partial charge in [0.2, 0.25) is 0 Å². The van der Waals surface area contributed by atoms with E-state index >= 15 is 0 Å². The molecule has 2 amide bonds. The molecule has 2 aromatic rings. The van der Waals surface area contributed by atoms with Gasteiger partial charge in [-0.25, -0.2) is 4.79 Å². The molecule has 0 spiro atoms. The van der Waals surface area contributed by atoms with Crippen LogP contribution in [0.5, 0.6) is 5.75 Å². The van der Waals surface area contributed by atoms with E-state index in [2.05, 4.69) is 17.6 Å². The van der Waals surface area contributed by atoms with E-state index in [9.17, 15) is 15.0 Å². The first-order valence-electron chi connectivity index (χ1n) is 10.7.